The quantitative estimate of drug-likeness (QED) is 0.0468. The van der Waals surface area contributed by atoms with Crippen LogP contribution in [-0.2, 0) is 6.54 Å². The van der Waals surface area contributed by atoms with Crippen molar-refractivity contribution in [2.45, 2.75) is 33.2 Å². The van der Waals surface area contributed by atoms with Crippen LogP contribution in [0.2, 0.25) is 0 Å². The number of pyridine rings is 1. The third-order valence-electron chi connectivity index (χ3n) is 10.5. The number of hydrogen-bond donors (Lipinski definition) is 0. The molecule has 3 aliphatic rings. The lowest BCUT2D eigenvalue weighted by molar-refractivity contribution is -0.693. The monoisotopic (exact) mass is 738 g/mol. The lowest BCUT2D eigenvalue weighted by Gasteiger charge is -2.37. The van der Waals surface area contributed by atoms with Crippen LogP contribution in [0.25, 0.3) is 18.2 Å². The molecule has 8 heteroatoms. The van der Waals surface area contributed by atoms with Crippen LogP contribution in [0.3, 0.4) is 0 Å². The van der Waals surface area contributed by atoms with Crippen LogP contribution < -0.4 is 18.8 Å². The Hall–Kier alpha value is -3.27. The van der Waals surface area contributed by atoms with Gasteiger partial charge in [0.15, 0.2) is 12.4 Å². The average molecular weight is 739 g/mol. The first kappa shape index (κ1) is 39.9. The molecule has 0 fully saturated rings. The number of aryl methyl sites for hydroxylation is 1. The number of fused-ring (bicyclic) bond motifs is 1. The number of anilines is 2. The van der Waals surface area contributed by atoms with E-state index in [1.807, 2.05) is 21.6 Å². The lowest BCUT2D eigenvalue weighted by atomic mass is 10.0. The van der Waals surface area contributed by atoms with Gasteiger partial charge in [0.25, 0.3) is 0 Å². The highest BCUT2D eigenvalue weighted by Crippen LogP contribution is 2.37. The molecule has 0 aliphatic carbocycles. The molecule has 4 heterocycles. The van der Waals surface area contributed by atoms with Gasteiger partial charge in [-0.05, 0) is 113 Å². The molecule has 0 N–H and O–H groups in total. The van der Waals surface area contributed by atoms with Crippen LogP contribution in [-0.4, -0.2) is 102 Å². The van der Waals surface area contributed by atoms with Gasteiger partial charge in [-0.15, -0.1) is 0 Å². The molecule has 0 saturated carbocycles. The summed E-state index contributed by atoms with van der Waals surface area (Å²) in [4.78, 5) is 9.77. The fourth-order valence-electron chi connectivity index (χ4n) is 6.78. The van der Waals surface area contributed by atoms with Gasteiger partial charge in [-0.2, -0.15) is 0 Å². The molecular weight excluding hydrogens is 677 g/mol. The van der Waals surface area contributed by atoms with E-state index in [4.69, 9.17) is 0 Å². The van der Waals surface area contributed by atoms with Gasteiger partial charge in [0, 0.05) is 86.9 Å². The Labute approximate surface area is 323 Å². The van der Waals surface area contributed by atoms with Gasteiger partial charge in [-0.1, -0.05) is 51.9 Å². The summed E-state index contributed by atoms with van der Waals surface area (Å²) >= 11 is 0. The van der Waals surface area contributed by atoms with E-state index in [9.17, 15) is 0 Å². The van der Waals surface area contributed by atoms with Crippen LogP contribution in [0.4, 0.5) is 17.1 Å². The van der Waals surface area contributed by atoms with E-state index in [0.717, 1.165) is 76.2 Å². The van der Waals surface area contributed by atoms with Crippen molar-refractivity contribution in [1.29, 1.82) is 0 Å². The lowest BCUT2D eigenvalue weighted by Crippen LogP contribution is -2.46. The molecule has 2 aromatic carbocycles. The molecule has 1 aromatic heterocycles. The van der Waals surface area contributed by atoms with Gasteiger partial charge in [-0.25, -0.2) is 4.57 Å². The maximum absolute atomic E-state index is 2.49. The molecule has 278 valence electrons. The molecule has 1 unspecified atom stereocenters. The highest BCUT2D eigenvalue weighted by molar-refractivity contribution is 8.76. The summed E-state index contributed by atoms with van der Waals surface area (Å²) in [7, 11) is 13.0. The molecule has 0 radical (unpaired) electrons. The minimum absolute atomic E-state index is 0.904. The molecular formula is C44H62N6S2+2. The fourth-order valence-corrected chi connectivity index (χ4v) is 8.94. The number of hydrogen-bond acceptors (Lipinski definition) is 6. The standard InChI is InChI=1S/C44H62N6S2/c1-7-49-29-21-39(22-30-49)12-11-38-14-18-42(19-15-38)47(5)27-9-25-45(3)31-35-51-52-36-32-46(4)26-10-28-48(6)43-20-17-41-16-13-40-23-33-50(8-2,34-24-40)44(41)37-43/h11-24,29-30,33,37H,7-10,25-28,31-32,34-36H2,1-6H3/q+2. The topological polar surface area (TPSA) is 16.8 Å². The molecule has 6 nitrogen and oxygen atoms in total. The summed E-state index contributed by atoms with van der Waals surface area (Å²) in [5.74, 6) is 2.34. The Morgan fingerprint density at radius 2 is 1.27 bits per heavy atom. The highest BCUT2D eigenvalue weighted by atomic mass is 33.1. The van der Waals surface area contributed by atoms with Crippen molar-refractivity contribution in [2.24, 2.45) is 0 Å². The van der Waals surface area contributed by atoms with Gasteiger partial charge < -0.3 is 19.6 Å². The molecule has 1 atom stereocenters. The van der Waals surface area contributed by atoms with E-state index in [-0.39, 0.29) is 0 Å². The highest BCUT2D eigenvalue weighted by Gasteiger charge is 2.31. The molecule has 0 spiro atoms. The second kappa shape index (κ2) is 20.3. The first-order valence-corrected chi connectivity index (χ1v) is 21.7. The zero-order valence-electron chi connectivity index (χ0n) is 32.6. The number of nitrogens with zero attached hydrogens (tertiary/aromatic N) is 6. The normalized spacial score (nSPS) is 16.4. The van der Waals surface area contributed by atoms with Crippen LogP contribution in [0, 0.1) is 0 Å². The minimum atomic E-state index is 0.904. The Balaban J connectivity index is 0.901. The van der Waals surface area contributed by atoms with Crippen molar-refractivity contribution >= 4 is 56.9 Å². The van der Waals surface area contributed by atoms with Crippen LogP contribution in [0.5, 0.6) is 0 Å². The molecule has 3 aromatic rings. The Bertz CT molecular complexity index is 1660. The van der Waals surface area contributed by atoms with Gasteiger partial charge in [0.2, 0.25) is 0 Å². The largest absolute Gasteiger partial charge is 0.375 e. The molecule has 6 rings (SSSR count). The first-order valence-electron chi connectivity index (χ1n) is 19.2. The molecule has 2 bridgehead atoms. The summed E-state index contributed by atoms with van der Waals surface area (Å²) in [5, 5.41) is 0. The second-order valence-corrected chi connectivity index (χ2v) is 17.0. The van der Waals surface area contributed by atoms with Crippen molar-refractivity contribution in [1.82, 2.24) is 14.3 Å². The van der Waals surface area contributed by atoms with E-state index < -0.39 is 0 Å². The van der Waals surface area contributed by atoms with Gasteiger partial charge >= 0.3 is 0 Å². The van der Waals surface area contributed by atoms with E-state index in [1.165, 1.54) is 50.8 Å². The second-order valence-electron chi connectivity index (χ2n) is 14.3. The number of quaternary nitrogens is 1. The number of benzene rings is 2. The summed E-state index contributed by atoms with van der Waals surface area (Å²) in [5.41, 5.74) is 9.12. The van der Waals surface area contributed by atoms with Crippen molar-refractivity contribution in [3.63, 3.8) is 0 Å². The maximum atomic E-state index is 2.49. The van der Waals surface area contributed by atoms with Crippen LogP contribution in [0.1, 0.15) is 43.4 Å². The van der Waals surface area contributed by atoms with E-state index >= 15 is 0 Å². The average Bonchev–Trinajstić information content (AvgIpc) is 3.17. The number of aromatic nitrogens is 1. The molecule has 0 saturated heterocycles. The first-order chi connectivity index (χ1) is 25.3. The van der Waals surface area contributed by atoms with E-state index in [0.29, 0.717) is 0 Å². The smallest absolute Gasteiger partial charge is 0.169 e. The minimum Gasteiger partial charge on any atom is -0.375 e. The maximum Gasteiger partial charge on any atom is 0.169 e. The summed E-state index contributed by atoms with van der Waals surface area (Å²) in [6.07, 6.45) is 22.5. The zero-order chi connectivity index (χ0) is 36.8. The van der Waals surface area contributed by atoms with E-state index in [2.05, 4.69) is 176 Å². The third-order valence-corrected chi connectivity index (χ3v) is 12.9. The summed E-state index contributed by atoms with van der Waals surface area (Å²) in [6, 6.07) is 20.3. The summed E-state index contributed by atoms with van der Waals surface area (Å²) < 4.78 is 3.08. The molecule has 3 aliphatic heterocycles. The Morgan fingerprint density at radius 1 is 0.673 bits per heavy atom. The number of allylic oxidation sites excluding steroid dienone is 3. The predicted molar refractivity (Wildman–Crippen MR) is 233 cm³/mol. The zero-order valence-corrected chi connectivity index (χ0v) is 34.2. The van der Waals surface area contributed by atoms with Crippen LogP contribution >= 0.6 is 21.6 Å². The SMILES string of the molecule is CC[n+]1ccc(/C=C/c2ccc(N(C)CCCN(C)CCSSCCN(C)CCCN(C)c3ccc4c(c3)[N+]3(CC)C=CC(=CC3)C=C4)cc2)cc1. The van der Waals surface area contributed by atoms with Gasteiger partial charge in [-0.3, -0.25) is 4.48 Å². The number of likely N-dealkylation sites (N-methyl/N-ethyl adjacent to an activating group) is 1. The Morgan fingerprint density at radius 3 is 1.85 bits per heavy atom. The van der Waals surface area contributed by atoms with Gasteiger partial charge in [0.05, 0.1) is 6.54 Å². The van der Waals surface area contributed by atoms with Crippen molar-refractivity contribution in [3.8, 4) is 0 Å². The Kier molecular flexibility index (Phi) is 15.6. The van der Waals surface area contributed by atoms with Gasteiger partial charge in [0.1, 0.15) is 25.0 Å². The van der Waals surface area contributed by atoms with Crippen LogP contribution in [0.15, 0.2) is 97.0 Å². The summed E-state index contributed by atoms with van der Waals surface area (Å²) in [6.45, 7) is 14.2. The third kappa shape index (κ3) is 11.6. The molecule has 0 amide bonds. The van der Waals surface area contributed by atoms with Crippen molar-refractivity contribution in [2.75, 3.05) is 102 Å². The fraction of sp³-hybridized carbons (Fsp3) is 0.432. The van der Waals surface area contributed by atoms with Crippen molar-refractivity contribution < 1.29 is 4.57 Å². The molecule has 52 heavy (non-hydrogen) atoms. The van der Waals surface area contributed by atoms with Crippen molar-refractivity contribution in [3.05, 3.63) is 114 Å². The predicted octanol–water partition coefficient (Wildman–Crippen LogP) is 8.57. The number of rotatable bonds is 21. The van der Waals surface area contributed by atoms with E-state index in [1.54, 1.807) is 0 Å².